The van der Waals surface area contributed by atoms with Crippen molar-refractivity contribution in [2.24, 2.45) is 0 Å². The van der Waals surface area contributed by atoms with E-state index in [1.807, 2.05) is 24.3 Å². The number of hydrogen-bond donors (Lipinski definition) is 1. The Morgan fingerprint density at radius 3 is 2.95 bits per heavy atom. The summed E-state index contributed by atoms with van der Waals surface area (Å²) in [6.07, 6.45) is 5.29. The quantitative estimate of drug-likeness (QED) is 0.757. The van der Waals surface area contributed by atoms with Crippen LogP contribution in [0, 0.1) is 11.3 Å². The monoisotopic (exact) mass is 249 g/mol. The molecule has 0 saturated heterocycles. The molecule has 0 spiro atoms. The van der Waals surface area contributed by atoms with Crippen molar-refractivity contribution in [3.8, 4) is 17.3 Å². The molecule has 1 saturated carbocycles. The molecule has 0 bridgehead atoms. The zero-order chi connectivity index (χ0) is 12.9. The molecule has 1 aliphatic rings. The molecule has 0 amide bonds. The third-order valence-corrected chi connectivity index (χ3v) is 3.76. The summed E-state index contributed by atoms with van der Waals surface area (Å²) in [7, 11) is 0. The van der Waals surface area contributed by atoms with Crippen molar-refractivity contribution in [2.75, 3.05) is 0 Å². The Morgan fingerprint density at radius 2 is 2.16 bits per heavy atom. The molecule has 0 radical (unpaired) electrons. The van der Waals surface area contributed by atoms with E-state index in [9.17, 15) is 5.26 Å². The van der Waals surface area contributed by atoms with Gasteiger partial charge in [0.1, 0.15) is 23.1 Å². The molecule has 2 heterocycles. The smallest absolute Gasteiger partial charge is 0.134 e. The Balaban J connectivity index is 1.83. The van der Waals surface area contributed by atoms with Crippen LogP contribution in [0.2, 0.25) is 0 Å². The summed E-state index contributed by atoms with van der Waals surface area (Å²) in [5.41, 5.74) is 2.37. The first-order valence-corrected chi connectivity index (χ1v) is 6.26. The largest absolute Gasteiger partial charge is 0.464 e. The van der Waals surface area contributed by atoms with Crippen molar-refractivity contribution in [3.05, 3.63) is 42.5 Å². The summed E-state index contributed by atoms with van der Waals surface area (Å²) in [5, 5.41) is 10.2. The highest BCUT2D eigenvalue weighted by Gasteiger charge is 2.47. The van der Waals surface area contributed by atoms with Gasteiger partial charge in [-0.2, -0.15) is 5.26 Å². The van der Waals surface area contributed by atoms with Crippen molar-refractivity contribution in [1.82, 2.24) is 9.97 Å². The molecule has 0 aliphatic heterocycles. The minimum atomic E-state index is -0.377. The first kappa shape index (κ1) is 10.4. The number of rotatable bonds is 2. The second-order valence-corrected chi connectivity index (χ2v) is 4.98. The molecule has 0 atom stereocenters. The van der Waals surface area contributed by atoms with Gasteiger partial charge in [0, 0.05) is 10.9 Å². The number of nitrogens with zero attached hydrogens (tertiary/aromatic N) is 2. The Bertz CT molecular complexity index is 802. The van der Waals surface area contributed by atoms with E-state index in [1.54, 1.807) is 12.5 Å². The van der Waals surface area contributed by atoms with Crippen molar-refractivity contribution < 1.29 is 4.42 Å². The van der Waals surface area contributed by atoms with Gasteiger partial charge in [0.15, 0.2) is 0 Å². The van der Waals surface area contributed by atoms with Gasteiger partial charge < -0.3 is 9.40 Å². The molecule has 92 valence electrons. The van der Waals surface area contributed by atoms with Crippen LogP contribution in [0.1, 0.15) is 18.7 Å². The Hall–Kier alpha value is -2.54. The molecule has 1 N–H and O–H groups in total. The molecule has 1 aliphatic carbocycles. The fraction of sp³-hybridized carbons (Fsp3) is 0.200. The van der Waals surface area contributed by atoms with Crippen LogP contribution < -0.4 is 0 Å². The van der Waals surface area contributed by atoms with Crippen LogP contribution in [0.15, 0.2) is 41.1 Å². The minimum absolute atomic E-state index is 0.377. The average Bonchev–Trinajstić information content (AvgIpc) is 2.90. The summed E-state index contributed by atoms with van der Waals surface area (Å²) in [6.45, 7) is 0. The van der Waals surface area contributed by atoms with Crippen LogP contribution in [-0.4, -0.2) is 9.97 Å². The number of aromatic amines is 1. The highest BCUT2D eigenvalue weighted by Crippen LogP contribution is 2.46. The maximum atomic E-state index is 9.19. The van der Waals surface area contributed by atoms with Gasteiger partial charge in [0.25, 0.3) is 0 Å². The second kappa shape index (κ2) is 3.48. The Labute approximate surface area is 109 Å². The van der Waals surface area contributed by atoms with E-state index in [-0.39, 0.29) is 5.41 Å². The summed E-state index contributed by atoms with van der Waals surface area (Å²) in [6, 6.07) is 10.2. The molecule has 1 aromatic carbocycles. The number of imidazole rings is 1. The number of aromatic nitrogens is 2. The lowest BCUT2D eigenvalue weighted by Crippen LogP contribution is -2.04. The molecule has 1 fully saturated rings. The molecule has 0 unspecified atom stereocenters. The Morgan fingerprint density at radius 1 is 1.32 bits per heavy atom. The van der Waals surface area contributed by atoms with Crippen LogP contribution in [0.5, 0.6) is 0 Å². The molecular weight excluding hydrogens is 238 g/mol. The second-order valence-electron chi connectivity index (χ2n) is 4.98. The van der Waals surface area contributed by atoms with Gasteiger partial charge in [-0.3, -0.25) is 0 Å². The molecule has 4 nitrogen and oxygen atoms in total. The zero-order valence-electron chi connectivity index (χ0n) is 10.2. The lowest BCUT2D eigenvalue weighted by molar-refractivity contribution is 0.617. The third-order valence-electron chi connectivity index (χ3n) is 3.76. The van der Waals surface area contributed by atoms with Gasteiger partial charge in [0.05, 0.1) is 18.0 Å². The van der Waals surface area contributed by atoms with Crippen molar-refractivity contribution in [3.63, 3.8) is 0 Å². The number of hydrogen-bond acceptors (Lipinski definition) is 3. The summed E-state index contributed by atoms with van der Waals surface area (Å²) in [4.78, 5) is 7.63. The fourth-order valence-electron chi connectivity index (χ4n) is 2.41. The first-order chi connectivity index (χ1) is 9.32. The molecule has 2 aromatic heterocycles. The van der Waals surface area contributed by atoms with Gasteiger partial charge in [-0.25, -0.2) is 4.98 Å². The highest BCUT2D eigenvalue weighted by molar-refractivity contribution is 5.92. The van der Waals surface area contributed by atoms with Gasteiger partial charge >= 0.3 is 0 Å². The predicted molar refractivity (Wildman–Crippen MR) is 70.3 cm³/mol. The number of para-hydroxylation sites is 1. The van der Waals surface area contributed by atoms with E-state index in [0.717, 1.165) is 40.9 Å². The maximum absolute atomic E-state index is 9.19. The lowest BCUT2D eigenvalue weighted by atomic mass is 10.1. The number of benzene rings is 1. The number of nitriles is 1. The van der Waals surface area contributed by atoms with Crippen molar-refractivity contribution in [2.45, 2.75) is 18.3 Å². The molecule has 19 heavy (non-hydrogen) atoms. The molecule has 3 aromatic rings. The van der Waals surface area contributed by atoms with E-state index in [4.69, 9.17) is 4.42 Å². The normalized spacial score (nSPS) is 16.4. The van der Waals surface area contributed by atoms with E-state index in [2.05, 4.69) is 16.0 Å². The topological polar surface area (TPSA) is 65.6 Å². The minimum Gasteiger partial charge on any atom is -0.464 e. The predicted octanol–water partition coefficient (Wildman–Crippen LogP) is 3.38. The van der Waals surface area contributed by atoms with E-state index in [1.165, 1.54) is 0 Å². The van der Waals surface area contributed by atoms with E-state index < -0.39 is 0 Å². The Kier molecular flexibility index (Phi) is 1.91. The van der Waals surface area contributed by atoms with Gasteiger partial charge in [-0.1, -0.05) is 18.2 Å². The van der Waals surface area contributed by atoms with Crippen LogP contribution >= 0.6 is 0 Å². The molecular formula is C15H11N3O. The number of H-pyrrole nitrogens is 1. The number of furan rings is 1. The van der Waals surface area contributed by atoms with E-state index >= 15 is 0 Å². The highest BCUT2D eigenvalue weighted by atomic mass is 16.3. The summed E-state index contributed by atoms with van der Waals surface area (Å²) >= 11 is 0. The van der Waals surface area contributed by atoms with Crippen LogP contribution in [0.4, 0.5) is 0 Å². The summed E-state index contributed by atoms with van der Waals surface area (Å²) in [5.74, 6) is 0.773. The van der Waals surface area contributed by atoms with Crippen molar-refractivity contribution >= 4 is 11.0 Å². The molecule has 4 rings (SSSR count). The number of fused-ring (bicyclic) bond motifs is 1. The van der Waals surface area contributed by atoms with Crippen LogP contribution in [-0.2, 0) is 5.41 Å². The standard InChI is InChI=1S/C15H11N3O/c16-9-15(5-6-15)14-17-7-12(18-14)11-8-19-13-4-2-1-3-10(11)13/h1-4,7-8H,5-6H2,(H,17,18). The third kappa shape index (κ3) is 1.42. The zero-order valence-corrected chi connectivity index (χ0v) is 10.2. The number of nitrogens with one attached hydrogen (secondary N) is 1. The summed E-state index contributed by atoms with van der Waals surface area (Å²) < 4.78 is 5.53. The van der Waals surface area contributed by atoms with Crippen LogP contribution in [0.3, 0.4) is 0 Å². The fourth-order valence-corrected chi connectivity index (χ4v) is 2.41. The van der Waals surface area contributed by atoms with Gasteiger partial charge in [-0.15, -0.1) is 0 Å². The average molecular weight is 249 g/mol. The maximum Gasteiger partial charge on any atom is 0.134 e. The van der Waals surface area contributed by atoms with Crippen molar-refractivity contribution in [1.29, 1.82) is 5.26 Å². The lowest BCUT2D eigenvalue weighted by Gasteiger charge is -1.99. The molecule has 4 heteroatoms. The first-order valence-electron chi connectivity index (χ1n) is 6.26. The SMILES string of the molecule is N#CC1(c2ncc(-c3coc4ccccc34)[nH]2)CC1. The van der Waals surface area contributed by atoms with E-state index in [0.29, 0.717) is 0 Å². The van der Waals surface area contributed by atoms with Gasteiger partial charge in [0.2, 0.25) is 0 Å². The van der Waals surface area contributed by atoms with Gasteiger partial charge in [-0.05, 0) is 18.9 Å². The van der Waals surface area contributed by atoms with Crippen LogP contribution in [0.25, 0.3) is 22.2 Å².